The predicted octanol–water partition coefficient (Wildman–Crippen LogP) is 1.85. The SMILES string of the molecule is CN=C(NCCS(=O)c1ccccc1)N(C)Cc1cnn(C)c1.I. The van der Waals surface area contributed by atoms with Crippen LogP contribution < -0.4 is 5.32 Å². The smallest absolute Gasteiger partial charge is 0.193 e. The van der Waals surface area contributed by atoms with E-state index in [1.807, 2.05) is 61.7 Å². The molecule has 0 fully saturated rings. The molecule has 1 N–H and O–H groups in total. The maximum atomic E-state index is 12.2. The lowest BCUT2D eigenvalue weighted by Crippen LogP contribution is -2.40. The van der Waals surface area contributed by atoms with Gasteiger partial charge in [0.25, 0.3) is 0 Å². The maximum absolute atomic E-state index is 12.2. The van der Waals surface area contributed by atoms with Crippen LogP contribution in [0, 0.1) is 0 Å². The van der Waals surface area contributed by atoms with Crippen molar-refractivity contribution in [2.75, 3.05) is 26.4 Å². The molecule has 2 aromatic rings. The number of guanidine groups is 1. The molecule has 6 nitrogen and oxygen atoms in total. The minimum atomic E-state index is -0.999. The summed E-state index contributed by atoms with van der Waals surface area (Å²) in [5.41, 5.74) is 1.12. The van der Waals surface area contributed by atoms with E-state index in [4.69, 9.17) is 0 Å². The topological polar surface area (TPSA) is 62.5 Å². The van der Waals surface area contributed by atoms with Crippen molar-refractivity contribution in [3.8, 4) is 0 Å². The number of nitrogens with one attached hydrogen (secondary N) is 1. The van der Waals surface area contributed by atoms with E-state index in [0.29, 0.717) is 12.3 Å². The Labute approximate surface area is 162 Å². The number of halogens is 1. The fraction of sp³-hybridized carbons (Fsp3) is 0.375. The van der Waals surface area contributed by atoms with Crippen LogP contribution in [0.3, 0.4) is 0 Å². The second kappa shape index (κ2) is 10.4. The van der Waals surface area contributed by atoms with Gasteiger partial charge in [-0.1, -0.05) is 18.2 Å². The summed E-state index contributed by atoms with van der Waals surface area (Å²) < 4.78 is 14.0. The van der Waals surface area contributed by atoms with Crippen LogP contribution in [0.1, 0.15) is 5.56 Å². The third-order valence-corrected chi connectivity index (χ3v) is 4.70. The lowest BCUT2D eigenvalue weighted by Gasteiger charge is -2.21. The molecule has 0 bridgehead atoms. The van der Waals surface area contributed by atoms with Gasteiger partial charge in [-0.3, -0.25) is 13.9 Å². The van der Waals surface area contributed by atoms with Crippen LogP contribution in [-0.4, -0.2) is 51.2 Å². The minimum absolute atomic E-state index is 0. The molecule has 0 saturated carbocycles. The first kappa shape index (κ1) is 20.6. The first-order chi connectivity index (χ1) is 11.1. The predicted molar refractivity (Wildman–Crippen MR) is 109 cm³/mol. The van der Waals surface area contributed by atoms with Crippen molar-refractivity contribution < 1.29 is 4.21 Å². The summed E-state index contributed by atoms with van der Waals surface area (Å²) >= 11 is 0. The Kier molecular flexibility index (Phi) is 8.98. The van der Waals surface area contributed by atoms with E-state index in [1.54, 1.807) is 11.7 Å². The molecule has 1 aromatic carbocycles. The van der Waals surface area contributed by atoms with Gasteiger partial charge in [-0.05, 0) is 12.1 Å². The van der Waals surface area contributed by atoms with E-state index in [-0.39, 0.29) is 24.0 Å². The van der Waals surface area contributed by atoms with Gasteiger partial charge < -0.3 is 10.2 Å². The van der Waals surface area contributed by atoms with Crippen molar-refractivity contribution in [1.29, 1.82) is 0 Å². The summed E-state index contributed by atoms with van der Waals surface area (Å²) in [5.74, 6) is 1.32. The molecule has 0 aliphatic heterocycles. The highest BCUT2D eigenvalue weighted by atomic mass is 127. The van der Waals surface area contributed by atoms with Crippen molar-refractivity contribution in [2.45, 2.75) is 11.4 Å². The van der Waals surface area contributed by atoms with Gasteiger partial charge >= 0.3 is 0 Å². The standard InChI is InChI=1S/C16H23N5OS.HI/c1-17-16(20(2)12-14-11-19-21(3)13-14)18-9-10-23(22)15-7-5-4-6-8-15;/h4-8,11,13H,9-10,12H2,1-3H3,(H,17,18);1H. The molecule has 0 amide bonds. The number of aryl methyl sites for hydroxylation is 1. The maximum Gasteiger partial charge on any atom is 0.193 e. The second-order valence-corrected chi connectivity index (χ2v) is 6.79. The van der Waals surface area contributed by atoms with Crippen LogP contribution in [0.4, 0.5) is 0 Å². The van der Waals surface area contributed by atoms with E-state index in [9.17, 15) is 4.21 Å². The molecule has 0 radical (unpaired) electrons. The molecule has 0 aliphatic carbocycles. The van der Waals surface area contributed by atoms with Crippen molar-refractivity contribution in [3.05, 3.63) is 48.3 Å². The molecule has 0 aliphatic rings. The van der Waals surface area contributed by atoms with Gasteiger partial charge in [-0.25, -0.2) is 0 Å². The Balaban J connectivity index is 0.00000288. The third kappa shape index (κ3) is 6.23. The molecule has 2 rings (SSSR count). The highest BCUT2D eigenvalue weighted by Gasteiger charge is 2.09. The number of rotatable bonds is 6. The summed E-state index contributed by atoms with van der Waals surface area (Å²) in [6.45, 7) is 1.32. The van der Waals surface area contributed by atoms with Crippen LogP contribution in [0.25, 0.3) is 0 Å². The molecule has 1 atom stereocenters. The Morgan fingerprint density at radius 3 is 2.67 bits per heavy atom. The number of aromatic nitrogens is 2. The second-order valence-electron chi connectivity index (χ2n) is 5.22. The van der Waals surface area contributed by atoms with Gasteiger partial charge in [0, 0.05) is 56.6 Å². The van der Waals surface area contributed by atoms with E-state index in [0.717, 1.165) is 23.0 Å². The number of hydrogen-bond acceptors (Lipinski definition) is 3. The Hall–Kier alpha value is -1.42. The van der Waals surface area contributed by atoms with Crippen LogP contribution in [0.5, 0.6) is 0 Å². The number of aliphatic imine (C=N–C) groups is 1. The zero-order valence-corrected chi connectivity index (χ0v) is 17.3. The zero-order chi connectivity index (χ0) is 16.7. The van der Waals surface area contributed by atoms with Crippen molar-refractivity contribution >= 4 is 40.7 Å². The number of benzene rings is 1. The molecule has 8 heteroatoms. The van der Waals surface area contributed by atoms with Crippen LogP contribution in [0.15, 0.2) is 52.6 Å². The quantitative estimate of drug-likeness (QED) is 0.405. The zero-order valence-electron chi connectivity index (χ0n) is 14.2. The van der Waals surface area contributed by atoms with Gasteiger partial charge in [0.1, 0.15) is 0 Å². The number of hydrogen-bond donors (Lipinski definition) is 1. The molecular formula is C16H24IN5OS. The highest BCUT2D eigenvalue weighted by molar-refractivity contribution is 14.0. The first-order valence-electron chi connectivity index (χ1n) is 7.43. The molecule has 1 aromatic heterocycles. The number of nitrogens with zero attached hydrogens (tertiary/aromatic N) is 4. The molecule has 1 heterocycles. The molecular weight excluding hydrogens is 437 g/mol. The lowest BCUT2D eigenvalue weighted by atomic mass is 10.3. The van der Waals surface area contributed by atoms with Crippen LogP contribution in [-0.2, 0) is 24.4 Å². The Morgan fingerprint density at radius 2 is 2.08 bits per heavy atom. The molecule has 0 saturated heterocycles. The summed E-state index contributed by atoms with van der Waals surface area (Å²) in [6.07, 6.45) is 3.82. The average molecular weight is 461 g/mol. The lowest BCUT2D eigenvalue weighted by molar-refractivity contribution is 0.479. The van der Waals surface area contributed by atoms with Crippen molar-refractivity contribution in [1.82, 2.24) is 20.0 Å². The van der Waals surface area contributed by atoms with Gasteiger partial charge in [0.05, 0.1) is 17.0 Å². The normalized spacial score (nSPS) is 12.4. The summed E-state index contributed by atoms with van der Waals surface area (Å²) in [5, 5.41) is 7.42. The monoisotopic (exact) mass is 461 g/mol. The summed E-state index contributed by atoms with van der Waals surface area (Å²) in [4.78, 5) is 7.14. The van der Waals surface area contributed by atoms with E-state index in [2.05, 4.69) is 15.4 Å². The Bertz CT molecular complexity index is 674. The average Bonchev–Trinajstić information content (AvgIpc) is 2.97. The first-order valence-corrected chi connectivity index (χ1v) is 8.75. The van der Waals surface area contributed by atoms with Crippen molar-refractivity contribution in [3.63, 3.8) is 0 Å². The molecule has 0 spiro atoms. The van der Waals surface area contributed by atoms with Crippen molar-refractivity contribution in [2.24, 2.45) is 12.0 Å². The van der Waals surface area contributed by atoms with Crippen LogP contribution >= 0.6 is 24.0 Å². The fourth-order valence-corrected chi connectivity index (χ4v) is 3.22. The van der Waals surface area contributed by atoms with E-state index in [1.165, 1.54) is 0 Å². The summed E-state index contributed by atoms with van der Waals surface area (Å²) in [6, 6.07) is 9.51. The molecule has 1 unspecified atom stereocenters. The third-order valence-electron chi connectivity index (χ3n) is 3.33. The van der Waals surface area contributed by atoms with Gasteiger partial charge in [-0.2, -0.15) is 5.10 Å². The fourth-order valence-electron chi connectivity index (χ4n) is 2.23. The van der Waals surface area contributed by atoms with Crippen LogP contribution in [0.2, 0.25) is 0 Å². The Morgan fingerprint density at radius 1 is 1.38 bits per heavy atom. The van der Waals surface area contributed by atoms with Gasteiger partial charge in [-0.15, -0.1) is 24.0 Å². The van der Waals surface area contributed by atoms with E-state index < -0.39 is 10.8 Å². The minimum Gasteiger partial charge on any atom is -0.355 e. The van der Waals surface area contributed by atoms with Gasteiger partial charge in [0.15, 0.2) is 5.96 Å². The summed E-state index contributed by atoms with van der Waals surface area (Å²) in [7, 11) is 4.61. The molecule has 132 valence electrons. The largest absolute Gasteiger partial charge is 0.355 e. The van der Waals surface area contributed by atoms with E-state index >= 15 is 0 Å². The molecule has 24 heavy (non-hydrogen) atoms. The highest BCUT2D eigenvalue weighted by Crippen LogP contribution is 2.05. The van der Waals surface area contributed by atoms with Gasteiger partial charge in [0.2, 0.25) is 0 Å².